The lowest BCUT2D eigenvalue weighted by Crippen LogP contribution is -2.54. The number of nitrogens with two attached hydrogens (primary N) is 2. The monoisotopic (exact) mass is 978 g/mol. The lowest BCUT2D eigenvalue weighted by molar-refractivity contribution is -0.136. The molecule has 6 aromatic rings. The summed E-state index contributed by atoms with van der Waals surface area (Å²) < 4.78 is 24.4. The largest absolute Gasteiger partial charge is 0.383 e. The van der Waals surface area contributed by atoms with Gasteiger partial charge in [-0.15, -0.1) is 0 Å². The first-order chi connectivity index (χ1) is 35.1. The summed E-state index contributed by atoms with van der Waals surface area (Å²) >= 11 is 0. The molecule has 5 heterocycles. The molecular formula is C53H58N10O9. The fourth-order valence-electron chi connectivity index (χ4n) is 9.12. The molecule has 3 aromatic carbocycles. The molecule has 0 spiro atoms. The molecule has 7 N–H and O–H groups in total. The molecule has 9 rings (SSSR count). The van der Waals surface area contributed by atoms with Gasteiger partial charge in [0.05, 0.1) is 75.2 Å². The van der Waals surface area contributed by atoms with Crippen molar-refractivity contribution in [1.29, 1.82) is 0 Å². The molecule has 72 heavy (non-hydrogen) atoms. The molecule has 2 aliphatic heterocycles. The first-order valence-electron chi connectivity index (χ1n) is 24.3. The van der Waals surface area contributed by atoms with Gasteiger partial charge in [-0.1, -0.05) is 36.4 Å². The topological polar surface area (TPSA) is 257 Å². The number of amides is 5. The number of nitrogens with zero attached hydrogens (tertiary/aromatic N) is 5. The first-order valence-corrected chi connectivity index (χ1v) is 24.3. The van der Waals surface area contributed by atoms with Gasteiger partial charge < -0.3 is 41.0 Å². The van der Waals surface area contributed by atoms with Gasteiger partial charge in [0.25, 0.3) is 11.8 Å². The highest BCUT2D eigenvalue weighted by Gasteiger charge is 2.45. The number of pyridine rings is 2. The molecule has 2 fully saturated rings. The minimum absolute atomic E-state index is 0.0549. The van der Waals surface area contributed by atoms with Crippen molar-refractivity contribution in [3.05, 3.63) is 119 Å². The minimum atomic E-state index is -1.03. The highest BCUT2D eigenvalue weighted by atomic mass is 16.6. The zero-order chi connectivity index (χ0) is 50.0. The molecule has 19 nitrogen and oxygen atoms in total. The summed E-state index contributed by atoms with van der Waals surface area (Å²) in [6, 6.07) is 27.9. The number of fused-ring (bicyclic) bond motifs is 2. The summed E-state index contributed by atoms with van der Waals surface area (Å²) in [5.74, 6) is -1.25. The number of rotatable bonds is 24. The predicted molar refractivity (Wildman–Crippen MR) is 268 cm³/mol. The number of benzene rings is 3. The van der Waals surface area contributed by atoms with E-state index >= 15 is 0 Å². The Labute approximate surface area is 416 Å². The van der Waals surface area contributed by atoms with Crippen molar-refractivity contribution in [2.75, 3.05) is 77.0 Å². The number of imide groups is 2. The number of carbonyl (C=O) groups excluding carboxylic acids is 5. The van der Waals surface area contributed by atoms with Crippen molar-refractivity contribution in [2.24, 2.45) is 5.73 Å². The molecule has 1 saturated heterocycles. The Balaban J connectivity index is 0.642. The number of imidazole rings is 1. The number of piperidine rings is 1. The third kappa shape index (κ3) is 11.2. The van der Waals surface area contributed by atoms with Crippen LogP contribution in [0.4, 0.5) is 11.5 Å². The fourth-order valence-corrected chi connectivity index (χ4v) is 9.12. The third-order valence-electron chi connectivity index (χ3n) is 13.1. The van der Waals surface area contributed by atoms with E-state index in [4.69, 9.17) is 40.4 Å². The smallest absolute Gasteiger partial charge is 0.264 e. The summed E-state index contributed by atoms with van der Waals surface area (Å²) in [5, 5.41) is 8.27. The average molecular weight is 979 g/mol. The van der Waals surface area contributed by atoms with E-state index in [1.807, 2.05) is 47.0 Å². The molecule has 5 amide bonds. The van der Waals surface area contributed by atoms with E-state index in [9.17, 15) is 24.0 Å². The second-order valence-electron chi connectivity index (χ2n) is 17.9. The van der Waals surface area contributed by atoms with Crippen molar-refractivity contribution in [3.8, 4) is 28.3 Å². The SMILES string of the molecule is Nc1ncccc1-c1nc2ccc(-c3cccc(CCC(=O)NCCOCCOCCOCCOCCNc4cccc5c4C(=O)N(C4CCC(=O)NC4=O)C5=O)c3)nc2n1-c1ccc(C2(N)CCC2)cc1. The summed E-state index contributed by atoms with van der Waals surface area (Å²) in [4.78, 5) is 78.4. The number of aryl methyl sites for hydroxylation is 1. The maximum Gasteiger partial charge on any atom is 0.264 e. The van der Waals surface area contributed by atoms with Crippen molar-refractivity contribution in [2.45, 2.75) is 56.5 Å². The highest BCUT2D eigenvalue weighted by Crippen LogP contribution is 2.40. The zero-order valence-corrected chi connectivity index (χ0v) is 39.9. The van der Waals surface area contributed by atoms with E-state index in [0.29, 0.717) is 113 Å². The van der Waals surface area contributed by atoms with Crippen LogP contribution in [0.15, 0.2) is 97.2 Å². The number of carbonyl (C=O) groups is 5. The van der Waals surface area contributed by atoms with Gasteiger partial charge in [-0.05, 0) is 97.8 Å². The number of nitrogen functional groups attached to an aromatic ring is 1. The van der Waals surface area contributed by atoms with Crippen LogP contribution in [0, 0.1) is 0 Å². The van der Waals surface area contributed by atoms with Gasteiger partial charge in [-0.2, -0.15) is 0 Å². The van der Waals surface area contributed by atoms with E-state index in [1.54, 1.807) is 24.4 Å². The summed E-state index contributed by atoms with van der Waals surface area (Å²) in [7, 11) is 0. The van der Waals surface area contributed by atoms with E-state index in [2.05, 4.69) is 51.3 Å². The number of aromatic nitrogens is 4. The second-order valence-corrected chi connectivity index (χ2v) is 17.9. The lowest BCUT2D eigenvalue weighted by Gasteiger charge is -2.38. The Kier molecular flexibility index (Phi) is 15.7. The Morgan fingerprint density at radius 2 is 1.49 bits per heavy atom. The maximum atomic E-state index is 13.2. The van der Waals surface area contributed by atoms with Crippen LogP contribution in [0.5, 0.6) is 0 Å². The Morgan fingerprint density at radius 1 is 0.778 bits per heavy atom. The van der Waals surface area contributed by atoms with Crippen LogP contribution >= 0.6 is 0 Å². The second kappa shape index (κ2) is 22.8. The number of ether oxygens (including phenoxy) is 4. The van der Waals surface area contributed by atoms with Crippen LogP contribution in [0.3, 0.4) is 0 Å². The summed E-state index contributed by atoms with van der Waals surface area (Å²) in [6.45, 7) is 3.64. The van der Waals surface area contributed by atoms with E-state index in [1.165, 1.54) is 0 Å². The number of hydrogen-bond acceptors (Lipinski definition) is 15. The Hall–Kier alpha value is -7.42. The van der Waals surface area contributed by atoms with E-state index in [-0.39, 0.29) is 35.4 Å². The predicted octanol–water partition coefficient (Wildman–Crippen LogP) is 4.70. The van der Waals surface area contributed by atoms with Gasteiger partial charge >= 0.3 is 0 Å². The van der Waals surface area contributed by atoms with Crippen molar-refractivity contribution in [1.82, 2.24) is 35.1 Å². The molecule has 374 valence electrons. The molecule has 0 bridgehead atoms. The molecule has 3 aromatic heterocycles. The average Bonchev–Trinajstić information content (AvgIpc) is 3.88. The molecular weight excluding hydrogens is 921 g/mol. The molecule has 1 saturated carbocycles. The standard InChI is InChI=1S/C53H58N10O9/c54-47-39(8-3-22-58-47)48-60-42-16-15-40(59-49(42)62(48)37-13-11-36(12-14-37)53(55)20-4-21-53)35-6-1-5-34(33-35)10-18-44(64)57-24-26-70-28-30-72-32-31-71-29-27-69-25-23-56-41-9-2-7-38-46(41)52(68)63(51(38)67)43-17-19-45(65)61-50(43)66/h1-3,5-9,11-16,22,33,43,56H,4,10,17-21,23-32,55H2,(H2,54,58)(H,57,64)(H,61,65,66). The zero-order valence-electron chi connectivity index (χ0n) is 39.9. The number of hydrogen-bond donors (Lipinski definition) is 5. The maximum absolute atomic E-state index is 13.2. The van der Waals surface area contributed by atoms with Crippen molar-refractivity contribution >= 4 is 52.2 Å². The summed E-state index contributed by atoms with van der Waals surface area (Å²) in [6.07, 6.45) is 5.76. The van der Waals surface area contributed by atoms with Crippen molar-refractivity contribution in [3.63, 3.8) is 0 Å². The van der Waals surface area contributed by atoms with Crippen LogP contribution in [0.1, 0.15) is 70.4 Å². The lowest BCUT2D eigenvalue weighted by atomic mass is 9.73. The van der Waals surface area contributed by atoms with Gasteiger partial charge in [0.1, 0.15) is 17.4 Å². The molecule has 1 unspecified atom stereocenters. The van der Waals surface area contributed by atoms with Crippen LogP contribution in [0.25, 0.3) is 39.5 Å². The quantitative estimate of drug-likeness (QED) is 0.0407. The van der Waals surface area contributed by atoms with Crippen LogP contribution < -0.4 is 27.4 Å². The van der Waals surface area contributed by atoms with Crippen molar-refractivity contribution < 1.29 is 42.9 Å². The van der Waals surface area contributed by atoms with Gasteiger partial charge in [0.2, 0.25) is 17.7 Å². The van der Waals surface area contributed by atoms with Crippen LogP contribution in [-0.2, 0) is 45.3 Å². The highest BCUT2D eigenvalue weighted by molar-refractivity contribution is 6.25. The van der Waals surface area contributed by atoms with Crippen LogP contribution in [0.2, 0.25) is 0 Å². The van der Waals surface area contributed by atoms with E-state index in [0.717, 1.165) is 52.2 Å². The van der Waals surface area contributed by atoms with Gasteiger partial charge in [-0.25, -0.2) is 15.0 Å². The minimum Gasteiger partial charge on any atom is -0.383 e. The first kappa shape index (κ1) is 49.6. The van der Waals surface area contributed by atoms with Gasteiger partial charge in [0.15, 0.2) is 11.5 Å². The molecule has 3 aliphatic rings. The van der Waals surface area contributed by atoms with Gasteiger partial charge in [0, 0.05) is 54.6 Å². The number of anilines is 2. The number of nitrogens with one attached hydrogen (secondary N) is 3. The Morgan fingerprint density at radius 3 is 2.19 bits per heavy atom. The normalized spacial score (nSPS) is 16.2. The fraction of sp³-hybridized carbons (Fsp3) is 0.358. The van der Waals surface area contributed by atoms with E-state index < -0.39 is 29.7 Å². The van der Waals surface area contributed by atoms with Gasteiger partial charge in [-0.3, -0.25) is 38.8 Å². The molecule has 19 heteroatoms. The molecule has 1 aliphatic carbocycles. The third-order valence-corrected chi connectivity index (χ3v) is 13.1. The summed E-state index contributed by atoms with van der Waals surface area (Å²) in [5.41, 5.74) is 20.4. The molecule has 1 atom stereocenters. The Bertz CT molecular complexity index is 2960. The van der Waals surface area contributed by atoms with Crippen LogP contribution in [-0.4, -0.2) is 126 Å². The molecule has 0 radical (unpaired) electrons.